The van der Waals surface area contributed by atoms with E-state index in [1.807, 2.05) is 54.1 Å². The van der Waals surface area contributed by atoms with E-state index in [4.69, 9.17) is 0 Å². The second kappa shape index (κ2) is 7.48. The van der Waals surface area contributed by atoms with Gasteiger partial charge in [0.1, 0.15) is 6.54 Å². The molecule has 0 unspecified atom stereocenters. The Labute approximate surface area is 161 Å². The summed E-state index contributed by atoms with van der Waals surface area (Å²) in [5, 5.41) is 8.49. The molecule has 0 radical (unpaired) electrons. The van der Waals surface area contributed by atoms with E-state index in [2.05, 4.69) is 15.4 Å². The normalized spacial score (nSPS) is 10.9. The molecule has 4 rings (SSSR count). The third kappa shape index (κ3) is 3.68. The number of benzene rings is 2. The Hall–Kier alpha value is -3.74. The monoisotopic (exact) mass is 373 g/mol. The molecule has 0 aliphatic carbocycles. The van der Waals surface area contributed by atoms with Crippen molar-refractivity contribution in [2.45, 2.75) is 20.0 Å². The van der Waals surface area contributed by atoms with Crippen LogP contribution in [0.4, 0.5) is 5.69 Å². The van der Waals surface area contributed by atoms with Crippen molar-refractivity contribution in [3.63, 3.8) is 0 Å². The first-order valence-corrected chi connectivity index (χ1v) is 8.91. The number of carbonyl (C=O) groups is 1. The predicted octanol–water partition coefficient (Wildman–Crippen LogP) is 2.59. The maximum absolute atomic E-state index is 12.6. The van der Waals surface area contributed by atoms with Gasteiger partial charge in [-0.1, -0.05) is 30.3 Å². The van der Waals surface area contributed by atoms with Gasteiger partial charge < -0.3 is 9.88 Å². The fourth-order valence-corrected chi connectivity index (χ4v) is 3.19. The van der Waals surface area contributed by atoms with Gasteiger partial charge in [0.25, 0.3) is 5.56 Å². The van der Waals surface area contributed by atoms with Gasteiger partial charge in [0.15, 0.2) is 0 Å². The summed E-state index contributed by atoms with van der Waals surface area (Å²) in [7, 11) is 0. The molecular weight excluding hydrogens is 354 g/mol. The summed E-state index contributed by atoms with van der Waals surface area (Å²) in [5.41, 5.74) is 2.15. The van der Waals surface area contributed by atoms with Crippen LogP contribution < -0.4 is 10.9 Å². The molecule has 0 saturated heterocycles. The molecule has 4 aromatic rings. The highest BCUT2D eigenvalue weighted by Gasteiger charge is 2.11. The summed E-state index contributed by atoms with van der Waals surface area (Å²) in [6, 6.07) is 14.9. The fourth-order valence-electron chi connectivity index (χ4n) is 3.19. The van der Waals surface area contributed by atoms with Gasteiger partial charge in [-0.25, -0.2) is 9.67 Å². The molecular formula is C21H19N5O2. The molecule has 1 N–H and O–H groups in total. The Kier molecular flexibility index (Phi) is 4.72. The van der Waals surface area contributed by atoms with Crippen LogP contribution in [0.1, 0.15) is 11.3 Å². The number of nitrogens with one attached hydrogen (secondary N) is 1. The van der Waals surface area contributed by atoms with Crippen LogP contribution in [0.3, 0.4) is 0 Å². The van der Waals surface area contributed by atoms with E-state index in [0.717, 1.165) is 10.9 Å². The highest BCUT2D eigenvalue weighted by molar-refractivity contribution is 5.91. The lowest BCUT2D eigenvalue weighted by Gasteiger charge is -2.10. The summed E-state index contributed by atoms with van der Waals surface area (Å²) in [6.45, 7) is 2.35. The minimum absolute atomic E-state index is 0.143. The Bertz CT molecular complexity index is 1200. The van der Waals surface area contributed by atoms with Crippen LogP contribution in [0.25, 0.3) is 10.8 Å². The maximum Gasteiger partial charge on any atom is 0.275 e. The standard InChI is InChI=1S/C21H19N5O2/c1-15-18-7-2-3-8-19(18)21(28)26(24-15)13-20(27)23-17-6-4-5-16(11-17)12-25-10-9-22-14-25/h2-11,14H,12-13H2,1H3,(H,23,27). The van der Waals surface area contributed by atoms with E-state index >= 15 is 0 Å². The number of hydrogen-bond acceptors (Lipinski definition) is 4. The van der Waals surface area contributed by atoms with Crippen molar-refractivity contribution in [1.82, 2.24) is 19.3 Å². The number of rotatable bonds is 5. The van der Waals surface area contributed by atoms with Crippen LogP contribution in [0.15, 0.2) is 72.0 Å². The predicted molar refractivity (Wildman–Crippen MR) is 107 cm³/mol. The molecule has 2 aromatic heterocycles. The molecule has 2 heterocycles. The molecule has 0 saturated carbocycles. The number of hydrogen-bond donors (Lipinski definition) is 1. The first-order valence-electron chi connectivity index (χ1n) is 8.91. The van der Waals surface area contributed by atoms with Crippen molar-refractivity contribution in [3.8, 4) is 0 Å². The molecule has 7 heteroatoms. The average molecular weight is 373 g/mol. The first-order chi connectivity index (χ1) is 13.6. The Morgan fingerprint density at radius 3 is 2.71 bits per heavy atom. The molecule has 1 amide bonds. The lowest BCUT2D eigenvalue weighted by atomic mass is 10.1. The Morgan fingerprint density at radius 1 is 1.11 bits per heavy atom. The topological polar surface area (TPSA) is 81.8 Å². The third-order valence-corrected chi connectivity index (χ3v) is 4.48. The van der Waals surface area contributed by atoms with Crippen molar-refractivity contribution in [2.24, 2.45) is 0 Å². The lowest BCUT2D eigenvalue weighted by Crippen LogP contribution is -2.30. The molecule has 7 nitrogen and oxygen atoms in total. The SMILES string of the molecule is Cc1nn(CC(=O)Nc2cccc(Cn3ccnc3)c2)c(=O)c2ccccc12. The van der Waals surface area contributed by atoms with Gasteiger partial charge in [-0.05, 0) is 30.7 Å². The fraction of sp³-hybridized carbons (Fsp3) is 0.143. The van der Waals surface area contributed by atoms with Crippen molar-refractivity contribution >= 4 is 22.4 Å². The minimum atomic E-state index is -0.302. The Morgan fingerprint density at radius 2 is 1.93 bits per heavy atom. The van der Waals surface area contributed by atoms with Crippen molar-refractivity contribution in [1.29, 1.82) is 0 Å². The first kappa shape index (κ1) is 17.7. The molecule has 28 heavy (non-hydrogen) atoms. The molecule has 0 fully saturated rings. The summed E-state index contributed by atoms with van der Waals surface area (Å²) < 4.78 is 3.16. The molecule has 2 aromatic carbocycles. The number of aromatic nitrogens is 4. The van der Waals surface area contributed by atoms with Gasteiger partial charge in [-0.15, -0.1) is 0 Å². The summed E-state index contributed by atoms with van der Waals surface area (Å²) in [6.07, 6.45) is 5.35. The van der Waals surface area contributed by atoms with Crippen LogP contribution in [0, 0.1) is 6.92 Å². The van der Waals surface area contributed by atoms with Gasteiger partial charge in [-0.3, -0.25) is 9.59 Å². The third-order valence-electron chi connectivity index (χ3n) is 4.48. The quantitative estimate of drug-likeness (QED) is 0.583. The molecule has 0 aliphatic rings. The second-order valence-electron chi connectivity index (χ2n) is 6.58. The van der Waals surface area contributed by atoms with Crippen molar-refractivity contribution in [3.05, 3.63) is 88.9 Å². The van der Waals surface area contributed by atoms with E-state index in [9.17, 15) is 9.59 Å². The highest BCUT2D eigenvalue weighted by Crippen LogP contribution is 2.13. The summed E-state index contributed by atoms with van der Waals surface area (Å²) >= 11 is 0. The van der Waals surface area contributed by atoms with Crippen molar-refractivity contribution in [2.75, 3.05) is 5.32 Å². The van der Waals surface area contributed by atoms with Crippen LogP contribution in [-0.2, 0) is 17.9 Å². The van der Waals surface area contributed by atoms with Gasteiger partial charge in [0.05, 0.1) is 17.4 Å². The zero-order chi connectivity index (χ0) is 19.5. The van der Waals surface area contributed by atoms with Crippen LogP contribution in [0.5, 0.6) is 0 Å². The molecule has 140 valence electrons. The molecule has 0 spiro atoms. The zero-order valence-electron chi connectivity index (χ0n) is 15.4. The summed E-state index contributed by atoms with van der Waals surface area (Å²) in [4.78, 5) is 29.1. The molecule has 0 atom stereocenters. The zero-order valence-corrected chi connectivity index (χ0v) is 15.4. The number of carbonyl (C=O) groups excluding carboxylic acids is 1. The number of fused-ring (bicyclic) bond motifs is 1. The van der Waals surface area contributed by atoms with Gasteiger partial charge >= 0.3 is 0 Å². The van der Waals surface area contributed by atoms with Crippen molar-refractivity contribution < 1.29 is 4.79 Å². The average Bonchev–Trinajstić information content (AvgIpc) is 3.19. The number of imidazole rings is 1. The van der Waals surface area contributed by atoms with Gasteiger partial charge in [0.2, 0.25) is 5.91 Å². The summed E-state index contributed by atoms with van der Waals surface area (Å²) in [5.74, 6) is -0.302. The molecule has 0 aliphatic heterocycles. The second-order valence-corrected chi connectivity index (χ2v) is 6.58. The number of aryl methyl sites for hydroxylation is 1. The van der Waals surface area contributed by atoms with Crippen LogP contribution in [0.2, 0.25) is 0 Å². The lowest BCUT2D eigenvalue weighted by molar-refractivity contribution is -0.117. The van der Waals surface area contributed by atoms with E-state index < -0.39 is 0 Å². The Balaban J connectivity index is 1.51. The van der Waals surface area contributed by atoms with Crippen LogP contribution >= 0.6 is 0 Å². The van der Waals surface area contributed by atoms with E-state index in [1.54, 1.807) is 24.7 Å². The van der Waals surface area contributed by atoms with E-state index in [1.165, 1.54) is 4.68 Å². The number of nitrogens with zero attached hydrogens (tertiary/aromatic N) is 4. The van der Waals surface area contributed by atoms with Crippen LogP contribution in [-0.4, -0.2) is 25.2 Å². The highest BCUT2D eigenvalue weighted by atomic mass is 16.2. The smallest absolute Gasteiger partial charge is 0.275 e. The minimum Gasteiger partial charge on any atom is -0.333 e. The maximum atomic E-state index is 12.6. The largest absolute Gasteiger partial charge is 0.333 e. The van der Waals surface area contributed by atoms with Gasteiger partial charge in [-0.2, -0.15) is 5.10 Å². The van der Waals surface area contributed by atoms with Gasteiger partial charge in [0, 0.05) is 30.0 Å². The number of anilines is 1. The number of amides is 1. The van der Waals surface area contributed by atoms with E-state index in [-0.39, 0.29) is 18.0 Å². The molecule has 0 bridgehead atoms. The van der Waals surface area contributed by atoms with E-state index in [0.29, 0.717) is 23.3 Å².